The highest BCUT2D eigenvalue weighted by molar-refractivity contribution is 7.13. The molecule has 0 aliphatic rings. The molecule has 2 rings (SSSR count). The lowest BCUT2D eigenvalue weighted by Gasteiger charge is -2.06. The Labute approximate surface area is 114 Å². The van der Waals surface area contributed by atoms with Gasteiger partial charge in [0, 0.05) is 6.20 Å². The van der Waals surface area contributed by atoms with Crippen molar-refractivity contribution in [2.45, 2.75) is 19.2 Å². The topological polar surface area (TPSA) is 33.1 Å². The molecule has 0 radical (unpaired) electrons. The van der Waals surface area contributed by atoms with Gasteiger partial charge in [-0.3, -0.25) is 0 Å². The monoisotopic (exact) mass is 313 g/mol. The molecule has 0 aliphatic carbocycles. The van der Waals surface area contributed by atoms with Crippen molar-refractivity contribution in [1.29, 1.82) is 0 Å². The summed E-state index contributed by atoms with van der Waals surface area (Å²) in [4.78, 5) is 3.83. The van der Waals surface area contributed by atoms with E-state index in [4.69, 9.17) is 11.6 Å². The maximum absolute atomic E-state index is 12.4. The second-order valence-corrected chi connectivity index (χ2v) is 5.92. The Morgan fingerprint density at radius 3 is 2.56 bits per heavy atom. The van der Waals surface area contributed by atoms with Crippen molar-refractivity contribution in [3.05, 3.63) is 36.9 Å². The Balaban J connectivity index is 2.32. The highest BCUT2D eigenvalue weighted by Crippen LogP contribution is 2.40. The minimum Gasteiger partial charge on any atom is -0.382 e. The molecule has 18 heavy (non-hydrogen) atoms. The molecule has 0 bridgehead atoms. The lowest BCUT2D eigenvalue weighted by atomic mass is 10.2. The van der Waals surface area contributed by atoms with Crippen LogP contribution in [-0.4, -0.2) is 10.1 Å². The van der Waals surface area contributed by atoms with Crippen molar-refractivity contribution in [1.82, 2.24) is 4.98 Å². The Bertz CT molecular complexity index is 564. The molecule has 0 fully saturated rings. The number of aryl methyl sites for hydroxylation is 1. The van der Waals surface area contributed by atoms with Crippen molar-refractivity contribution in [2.24, 2.45) is 0 Å². The van der Waals surface area contributed by atoms with Gasteiger partial charge in [-0.1, -0.05) is 11.6 Å². The van der Waals surface area contributed by atoms with E-state index in [1.807, 2.05) is 0 Å². The van der Waals surface area contributed by atoms with Crippen LogP contribution in [0.5, 0.6) is 0 Å². The fourth-order valence-corrected chi connectivity index (χ4v) is 3.46. The zero-order valence-corrected chi connectivity index (χ0v) is 11.3. The minimum atomic E-state index is -4.49. The Morgan fingerprint density at radius 2 is 2.11 bits per heavy atom. The fraction of sp³-hybridized carbons (Fsp3) is 0.300. The lowest BCUT2D eigenvalue weighted by Crippen LogP contribution is -2.03. The third-order valence-corrected chi connectivity index (χ3v) is 5.07. The third-order valence-electron chi connectivity index (χ3n) is 2.21. The van der Waals surface area contributed by atoms with Crippen LogP contribution < -0.4 is 0 Å². The summed E-state index contributed by atoms with van der Waals surface area (Å²) in [5.74, 6) is 0. The number of hydrogen-bond acceptors (Lipinski definition) is 4. The van der Waals surface area contributed by atoms with Crippen molar-refractivity contribution < 1.29 is 18.3 Å². The molecule has 0 spiro atoms. The van der Waals surface area contributed by atoms with Gasteiger partial charge in [-0.05, 0) is 17.9 Å². The minimum absolute atomic E-state index is 0.131. The van der Waals surface area contributed by atoms with Crippen LogP contribution in [0.2, 0.25) is 5.02 Å². The summed E-state index contributed by atoms with van der Waals surface area (Å²) in [5.41, 5.74) is 0.788. The predicted molar refractivity (Wildman–Crippen MR) is 65.2 cm³/mol. The highest BCUT2D eigenvalue weighted by Gasteiger charge is 2.35. The molecule has 0 saturated heterocycles. The summed E-state index contributed by atoms with van der Waals surface area (Å²) >= 11 is 7.60. The number of thiazole rings is 1. The van der Waals surface area contributed by atoms with Crippen LogP contribution in [0.1, 0.15) is 26.4 Å². The smallest absolute Gasteiger partial charge is 0.382 e. The predicted octanol–water partition coefficient (Wildman–Crippen LogP) is 4.27. The maximum atomic E-state index is 12.4. The molecule has 2 heterocycles. The number of halogens is 4. The van der Waals surface area contributed by atoms with Gasteiger partial charge in [0.1, 0.15) is 6.10 Å². The quantitative estimate of drug-likeness (QED) is 0.898. The molecule has 2 nitrogen and oxygen atoms in total. The van der Waals surface area contributed by atoms with Crippen LogP contribution in [0.25, 0.3) is 0 Å². The van der Waals surface area contributed by atoms with Crippen LogP contribution in [0, 0.1) is 6.92 Å². The van der Waals surface area contributed by atoms with Crippen LogP contribution in [0.4, 0.5) is 13.2 Å². The van der Waals surface area contributed by atoms with E-state index in [0.29, 0.717) is 21.2 Å². The first kappa shape index (κ1) is 13.8. The normalized spacial score (nSPS) is 13.9. The van der Waals surface area contributed by atoms with Crippen molar-refractivity contribution in [2.75, 3.05) is 0 Å². The van der Waals surface area contributed by atoms with Gasteiger partial charge in [0.2, 0.25) is 0 Å². The summed E-state index contributed by atoms with van der Waals surface area (Å²) in [5, 5.41) is 11.1. The van der Waals surface area contributed by atoms with Crippen molar-refractivity contribution in [3.8, 4) is 0 Å². The van der Waals surface area contributed by atoms with Gasteiger partial charge >= 0.3 is 6.18 Å². The first-order chi connectivity index (χ1) is 8.30. The lowest BCUT2D eigenvalue weighted by molar-refractivity contribution is -0.137. The summed E-state index contributed by atoms with van der Waals surface area (Å²) < 4.78 is 37.2. The summed E-state index contributed by atoms with van der Waals surface area (Å²) in [7, 11) is 0. The molecule has 1 atom stereocenters. The molecule has 98 valence electrons. The van der Waals surface area contributed by atoms with E-state index < -0.39 is 17.3 Å². The average Bonchev–Trinajstić information content (AvgIpc) is 2.86. The van der Waals surface area contributed by atoms with E-state index in [9.17, 15) is 18.3 Å². The Kier molecular flexibility index (Phi) is 3.68. The Morgan fingerprint density at radius 1 is 1.44 bits per heavy atom. The Hall–Kier alpha value is -0.630. The molecule has 1 unspecified atom stereocenters. The maximum Gasteiger partial charge on any atom is 0.443 e. The van der Waals surface area contributed by atoms with Crippen LogP contribution in [-0.2, 0) is 6.18 Å². The largest absolute Gasteiger partial charge is 0.443 e. The van der Waals surface area contributed by atoms with Crippen LogP contribution >= 0.6 is 34.3 Å². The molecule has 0 amide bonds. The van der Waals surface area contributed by atoms with Crippen molar-refractivity contribution >= 4 is 34.3 Å². The zero-order chi connectivity index (χ0) is 13.5. The first-order valence-corrected chi connectivity index (χ1v) is 6.82. The number of aliphatic hydroxyl groups excluding tert-OH is 1. The van der Waals surface area contributed by atoms with Gasteiger partial charge in [-0.25, -0.2) is 4.98 Å². The van der Waals surface area contributed by atoms with Gasteiger partial charge in [0.25, 0.3) is 0 Å². The number of aliphatic hydroxyl groups is 1. The standard InChI is InChI=1S/C10H7ClF3NOS2/c1-4-3-17-8(6(4)11)7(16)5-2-15-9(18-5)10(12,13)14/h2-3,7,16H,1H3. The van der Waals surface area contributed by atoms with E-state index in [0.717, 1.165) is 11.8 Å². The molecule has 8 heteroatoms. The second kappa shape index (κ2) is 4.80. The SMILES string of the molecule is Cc1csc(C(O)c2cnc(C(F)(F)F)s2)c1Cl. The highest BCUT2D eigenvalue weighted by atomic mass is 35.5. The van der Waals surface area contributed by atoms with Crippen LogP contribution in [0.15, 0.2) is 11.6 Å². The summed E-state index contributed by atoms with van der Waals surface area (Å²) in [6.07, 6.45) is -4.62. The van der Waals surface area contributed by atoms with Gasteiger partial charge in [-0.15, -0.1) is 22.7 Å². The molecule has 2 aromatic rings. The van der Waals surface area contributed by atoms with E-state index in [2.05, 4.69) is 4.98 Å². The van der Waals surface area contributed by atoms with Crippen molar-refractivity contribution in [3.63, 3.8) is 0 Å². The van der Waals surface area contributed by atoms with Crippen LogP contribution in [0.3, 0.4) is 0 Å². The van der Waals surface area contributed by atoms with E-state index in [1.165, 1.54) is 11.3 Å². The number of alkyl halides is 3. The first-order valence-electron chi connectivity index (χ1n) is 4.75. The molecule has 0 aromatic carbocycles. The molecule has 1 N–H and O–H groups in total. The fourth-order valence-electron chi connectivity index (χ4n) is 1.31. The van der Waals surface area contributed by atoms with E-state index in [-0.39, 0.29) is 4.88 Å². The van der Waals surface area contributed by atoms with Gasteiger partial charge in [0.15, 0.2) is 5.01 Å². The number of aromatic nitrogens is 1. The van der Waals surface area contributed by atoms with E-state index >= 15 is 0 Å². The zero-order valence-electron chi connectivity index (χ0n) is 8.95. The molecule has 2 aromatic heterocycles. The summed E-state index contributed by atoms with van der Waals surface area (Å²) in [6, 6.07) is 0. The third kappa shape index (κ3) is 2.54. The molecule has 0 saturated carbocycles. The average molecular weight is 314 g/mol. The van der Waals surface area contributed by atoms with Gasteiger partial charge < -0.3 is 5.11 Å². The number of rotatable bonds is 2. The number of hydrogen-bond donors (Lipinski definition) is 1. The molecular weight excluding hydrogens is 307 g/mol. The van der Waals surface area contributed by atoms with Gasteiger partial charge in [0.05, 0.1) is 14.8 Å². The molecule has 0 aliphatic heterocycles. The van der Waals surface area contributed by atoms with Gasteiger partial charge in [-0.2, -0.15) is 13.2 Å². The van der Waals surface area contributed by atoms with E-state index in [1.54, 1.807) is 12.3 Å². The number of nitrogens with zero attached hydrogens (tertiary/aromatic N) is 1. The molecular formula is C10H7ClF3NOS2. The summed E-state index contributed by atoms with van der Waals surface area (Å²) in [6.45, 7) is 1.77. The second-order valence-electron chi connectivity index (χ2n) is 3.57. The number of thiophene rings is 1.